The number of nitro groups is 1. The third kappa shape index (κ3) is 3.04. The standard InChI is InChI=1S/C17H15N5O4S/c1-2-9-27-17-19-16(23)14-10-5-3-4-6-11(10)18-15(21(14)20-17)12-7-8-13(26-12)22(24)25/h2-8,14-15,18H,1,9H2,(H,19,20,23)/t14-,15+/m1/s1. The summed E-state index contributed by atoms with van der Waals surface area (Å²) in [6, 6.07) is 9.50. The van der Waals surface area contributed by atoms with Crippen LogP contribution in [0.25, 0.3) is 0 Å². The van der Waals surface area contributed by atoms with Crippen molar-refractivity contribution in [2.45, 2.75) is 12.2 Å². The molecular weight excluding hydrogens is 370 g/mol. The predicted molar refractivity (Wildman–Crippen MR) is 101 cm³/mol. The summed E-state index contributed by atoms with van der Waals surface area (Å²) >= 11 is 1.34. The lowest BCUT2D eigenvalue weighted by molar-refractivity contribution is -0.402. The Morgan fingerprint density at radius 3 is 2.93 bits per heavy atom. The first-order valence-corrected chi connectivity index (χ1v) is 9.08. The minimum Gasteiger partial charge on any atom is -0.401 e. The maximum atomic E-state index is 12.8. The molecule has 1 amide bonds. The molecule has 0 aliphatic carbocycles. The van der Waals surface area contributed by atoms with Gasteiger partial charge in [-0.1, -0.05) is 36.0 Å². The number of benzene rings is 1. The van der Waals surface area contributed by atoms with Gasteiger partial charge in [0.05, 0.1) is 6.07 Å². The van der Waals surface area contributed by atoms with Gasteiger partial charge < -0.3 is 15.1 Å². The lowest BCUT2D eigenvalue weighted by atomic mass is 9.99. The normalized spacial score (nSPS) is 20.7. The third-order valence-electron chi connectivity index (χ3n) is 4.16. The Bertz CT molecular complexity index is 956. The van der Waals surface area contributed by atoms with Gasteiger partial charge in [0, 0.05) is 17.0 Å². The second-order valence-electron chi connectivity index (χ2n) is 5.84. The Hall–Kier alpha value is -3.27. The van der Waals surface area contributed by atoms with Crippen molar-refractivity contribution < 1.29 is 14.1 Å². The van der Waals surface area contributed by atoms with Crippen LogP contribution in [0.4, 0.5) is 11.6 Å². The minimum atomic E-state index is -0.676. The van der Waals surface area contributed by atoms with E-state index in [-0.39, 0.29) is 11.8 Å². The number of amidine groups is 1. The van der Waals surface area contributed by atoms with E-state index >= 15 is 0 Å². The molecule has 1 aromatic heterocycles. The van der Waals surface area contributed by atoms with Gasteiger partial charge in [0.25, 0.3) is 5.91 Å². The topological polar surface area (TPSA) is 113 Å². The molecule has 138 valence electrons. The van der Waals surface area contributed by atoms with Crippen molar-refractivity contribution in [3.05, 3.63) is 70.5 Å². The van der Waals surface area contributed by atoms with Crippen LogP contribution in [0.1, 0.15) is 23.5 Å². The molecule has 2 aromatic rings. The van der Waals surface area contributed by atoms with Gasteiger partial charge in [-0.2, -0.15) is 0 Å². The van der Waals surface area contributed by atoms with E-state index in [9.17, 15) is 14.9 Å². The maximum absolute atomic E-state index is 12.8. The fourth-order valence-electron chi connectivity index (χ4n) is 3.04. The molecular formula is C17H15N5O4S. The van der Waals surface area contributed by atoms with E-state index in [4.69, 9.17) is 4.42 Å². The quantitative estimate of drug-likeness (QED) is 0.472. The molecule has 2 N–H and O–H groups in total. The summed E-state index contributed by atoms with van der Waals surface area (Å²) in [6.07, 6.45) is 1.05. The van der Waals surface area contributed by atoms with Gasteiger partial charge in [-0.3, -0.25) is 14.9 Å². The molecule has 2 aliphatic rings. The number of hydrogen-bond acceptors (Lipinski definition) is 8. The summed E-state index contributed by atoms with van der Waals surface area (Å²) in [4.78, 5) is 23.2. The van der Waals surface area contributed by atoms with Crippen LogP contribution in [-0.2, 0) is 4.79 Å². The molecule has 2 atom stereocenters. The molecule has 2 aliphatic heterocycles. The first kappa shape index (κ1) is 17.2. The van der Waals surface area contributed by atoms with Crippen LogP contribution in [0.15, 0.2) is 58.6 Å². The summed E-state index contributed by atoms with van der Waals surface area (Å²) < 4.78 is 5.37. The Morgan fingerprint density at radius 2 is 2.19 bits per heavy atom. The molecule has 0 saturated carbocycles. The average Bonchev–Trinajstić information content (AvgIpc) is 3.15. The van der Waals surface area contributed by atoms with Crippen LogP contribution in [0.2, 0.25) is 0 Å². The average molecular weight is 385 g/mol. The van der Waals surface area contributed by atoms with Gasteiger partial charge in [0.2, 0.25) is 0 Å². The summed E-state index contributed by atoms with van der Waals surface area (Å²) in [6.45, 7) is 3.66. The number of rotatable bonds is 4. The molecule has 9 nitrogen and oxygen atoms in total. The number of furan rings is 1. The summed E-state index contributed by atoms with van der Waals surface area (Å²) in [5.41, 5.74) is 1.51. The monoisotopic (exact) mass is 385 g/mol. The number of fused-ring (bicyclic) bond motifs is 3. The largest absolute Gasteiger partial charge is 0.433 e. The molecule has 4 rings (SSSR count). The van der Waals surface area contributed by atoms with Crippen molar-refractivity contribution in [3.63, 3.8) is 0 Å². The molecule has 0 saturated heterocycles. The van der Waals surface area contributed by atoms with Crippen LogP contribution < -0.4 is 10.6 Å². The molecule has 1 aromatic carbocycles. The molecule has 10 heteroatoms. The molecule has 0 unspecified atom stereocenters. The fourth-order valence-corrected chi connectivity index (χ4v) is 3.64. The Morgan fingerprint density at radius 1 is 1.37 bits per heavy atom. The van der Waals surface area contributed by atoms with Crippen molar-refractivity contribution in [2.24, 2.45) is 5.10 Å². The number of carbonyl (C=O) groups excluding carboxylic acids is 1. The fraction of sp³-hybridized carbons (Fsp3) is 0.176. The predicted octanol–water partition coefficient (Wildman–Crippen LogP) is 2.98. The Balaban J connectivity index is 1.79. The van der Waals surface area contributed by atoms with Gasteiger partial charge in [0.15, 0.2) is 23.1 Å². The number of nitrogens with zero attached hydrogens (tertiary/aromatic N) is 3. The number of nitrogens with one attached hydrogen (secondary N) is 2. The molecule has 3 heterocycles. The van der Waals surface area contributed by atoms with Crippen LogP contribution >= 0.6 is 11.8 Å². The van der Waals surface area contributed by atoms with E-state index in [0.29, 0.717) is 16.7 Å². The van der Waals surface area contributed by atoms with Gasteiger partial charge in [-0.15, -0.1) is 11.7 Å². The van der Waals surface area contributed by atoms with Crippen molar-refractivity contribution in [3.8, 4) is 0 Å². The van der Waals surface area contributed by atoms with E-state index in [1.54, 1.807) is 11.1 Å². The molecule has 0 bridgehead atoms. The number of para-hydroxylation sites is 1. The number of hydrazone groups is 1. The van der Waals surface area contributed by atoms with Crippen LogP contribution in [-0.4, -0.2) is 26.8 Å². The minimum absolute atomic E-state index is 0.225. The lowest BCUT2D eigenvalue weighted by Gasteiger charge is -2.42. The number of amides is 1. The summed E-state index contributed by atoms with van der Waals surface area (Å²) in [7, 11) is 0. The first-order valence-electron chi connectivity index (χ1n) is 8.09. The summed E-state index contributed by atoms with van der Waals surface area (Å²) in [5.74, 6) is 0.289. The molecule has 0 spiro atoms. The van der Waals surface area contributed by atoms with Gasteiger partial charge in [-0.05, 0) is 12.1 Å². The van der Waals surface area contributed by atoms with E-state index in [1.165, 1.54) is 23.9 Å². The van der Waals surface area contributed by atoms with Gasteiger partial charge in [-0.25, -0.2) is 5.01 Å². The molecule has 27 heavy (non-hydrogen) atoms. The highest BCUT2D eigenvalue weighted by Gasteiger charge is 2.43. The first-order chi connectivity index (χ1) is 13.1. The maximum Gasteiger partial charge on any atom is 0.433 e. The van der Waals surface area contributed by atoms with Crippen molar-refractivity contribution in [1.82, 2.24) is 10.3 Å². The van der Waals surface area contributed by atoms with Gasteiger partial charge in [0.1, 0.15) is 4.92 Å². The zero-order valence-corrected chi connectivity index (χ0v) is 14.8. The van der Waals surface area contributed by atoms with Crippen LogP contribution in [0, 0.1) is 10.1 Å². The lowest BCUT2D eigenvalue weighted by Crippen LogP contribution is -2.50. The van der Waals surface area contributed by atoms with Crippen LogP contribution in [0.3, 0.4) is 0 Å². The highest BCUT2D eigenvalue weighted by Crippen LogP contribution is 2.43. The second-order valence-corrected chi connectivity index (χ2v) is 6.85. The van der Waals surface area contributed by atoms with Gasteiger partial charge >= 0.3 is 5.88 Å². The van der Waals surface area contributed by atoms with Crippen LogP contribution in [0.5, 0.6) is 0 Å². The zero-order chi connectivity index (χ0) is 19.0. The number of thioether (sulfide) groups is 1. The Kier molecular flexibility index (Phi) is 4.32. The van der Waals surface area contributed by atoms with Crippen molar-refractivity contribution in [1.29, 1.82) is 0 Å². The molecule has 0 fully saturated rings. The molecule has 0 radical (unpaired) electrons. The van der Waals surface area contributed by atoms with Crippen molar-refractivity contribution >= 4 is 34.4 Å². The number of hydrogen-bond donors (Lipinski definition) is 2. The second kappa shape index (κ2) is 6.80. The van der Waals surface area contributed by atoms with E-state index in [0.717, 1.165) is 11.3 Å². The SMILES string of the molecule is C=CCSC1=NN2[C@@H](c3ccc([N+](=O)[O-])o3)Nc3ccccc3[C@@H]2C(=O)N1. The summed E-state index contributed by atoms with van der Waals surface area (Å²) in [5, 5.41) is 23.6. The van der Waals surface area contributed by atoms with E-state index < -0.39 is 17.1 Å². The number of carbonyl (C=O) groups is 1. The smallest absolute Gasteiger partial charge is 0.401 e. The zero-order valence-electron chi connectivity index (χ0n) is 14.0. The highest BCUT2D eigenvalue weighted by molar-refractivity contribution is 8.14. The van der Waals surface area contributed by atoms with E-state index in [1.807, 2.05) is 24.3 Å². The van der Waals surface area contributed by atoms with E-state index in [2.05, 4.69) is 22.3 Å². The number of anilines is 1. The van der Waals surface area contributed by atoms with Crippen molar-refractivity contribution in [2.75, 3.05) is 11.1 Å². The Labute approximate surface area is 158 Å². The highest BCUT2D eigenvalue weighted by atomic mass is 32.2. The third-order valence-corrected chi connectivity index (χ3v) is 5.02.